The maximum Gasteiger partial charge on any atom is 0.0991 e. The van der Waals surface area contributed by atoms with Crippen molar-refractivity contribution < 1.29 is 0 Å². The lowest BCUT2D eigenvalue weighted by molar-refractivity contribution is 0.281. The standard InChI is InChI=1S/C33H31ClN4/c1-23(31(18-24-12-14-30(34)15-13-24)27-9-4-7-25(17-27)20-35)38-32(33(2,3)22-36)28-10-5-8-26(19-28)29-11-6-16-37-21-29/h4-17,19,21,23,31-32,38H,18H2,1-3H3/t23-,31?,32-/m0/s1. The zero-order valence-electron chi connectivity index (χ0n) is 21.9. The average molecular weight is 519 g/mol. The van der Waals surface area contributed by atoms with Crippen molar-refractivity contribution in [3.8, 4) is 23.3 Å². The van der Waals surface area contributed by atoms with Gasteiger partial charge in [0.05, 0.1) is 29.2 Å². The number of hydrogen-bond acceptors (Lipinski definition) is 4. The van der Waals surface area contributed by atoms with Crippen LogP contribution in [0.25, 0.3) is 11.1 Å². The monoisotopic (exact) mass is 518 g/mol. The van der Waals surface area contributed by atoms with E-state index in [4.69, 9.17) is 11.6 Å². The number of rotatable bonds is 9. The Bertz CT molecular complexity index is 1450. The van der Waals surface area contributed by atoms with E-state index in [1.54, 1.807) is 6.20 Å². The first-order valence-corrected chi connectivity index (χ1v) is 13.1. The van der Waals surface area contributed by atoms with Gasteiger partial charge in [-0.2, -0.15) is 10.5 Å². The molecule has 5 heteroatoms. The first kappa shape index (κ1) is 27.1. The maximum atomic E-state index is 10.2. The number of halogens is 1. The van der Waals surface area contributed by atoms with Crippen LogP contribution in [-0.2, 0) is 6.42 Å². The molecule has 0 amide bonds. The number of pyridine rings is 1. The van der Waals surface area contributed by atoms with Crippen molar-refractivity contribution in [3.05, 3.63) is 125 Å². The molecule has 1 heterocycles. The number of nitrogens with one attached hydrogen (secondary N) is 1. The molecule has 3 atom stereocenters. The normalized spacial score (nSPS) is 13.6. The molecule has 0 aliphatic carbocycles. The van der Waals surface area contributed by atoms with Crippen LogP contribution in [0.1, 0.15) is 55.0 Å². The third-order valence-corrected chi connectivity index (χ3v) is 7.32. The van der Waals surface area contributed by atoms with Crippen LogP contribution in [-0.4, -0.2) is 11.0 Å². The van der Waals surface area contributed by atoms with Crippen molar-refractivity contribution in [1.29, 1.82) is 10.5 Å². The Labute approximate surface area is 230 Å². The van der Waals surface area contributed by atoms with Gasteiger partial charge in [-0.15, -0.1) is 0 Å². The molecule has 1 aromatic heterocycles. The second-order valence-electron chi connectivity index (χ2n) is 10.3. The maximum absolute atomic E-state index is 10.2. The zero-order chi connectivity index (χ0) is 27.1. The fourth-order valence-electron chi connectivity index (χ4n) is 4.89. The molecule has 0 aliphatic rings. The molecule has 3 aromatic carbocycles. The van der Waals surface area contributed by atoms with Gasteiger partial charge < -0.3 is 5.32 Å². The second kappa shape index (κ2) is 12.1. The molecule has 4 rings (SSSR count). The highest BCUT2D eigenvalue weighted by Crippen LogP contribution is 2.37. The minimum Gasteiger partial charge on any atom is -0.305 e. The Morgan fingerprint density at radius 1 is 0.895 bits per heavy atom. The lowest BCUT2D eigenvalue weighted by Gasteiger charge is -2.36. The molecular formula is C33H31ClN4. The Morgan fingerprint density at radius 2 is 1.61 bits per heavy atom. The third-order valence-electron chi connectivity index (χ3n) is 7.07. The van der Waals surface area contributed by atoms with E-state index in [0.29, 0.717) is 10.6 Å². The van der Waals surface area contributed by atoms with Gasteiger partial charge in [-0.3, -0.25) is 4.98 Å². The first-order valence-electron chi connectivity index (χ1n) is 12.7. The minimum atomic E-state index is -0.679. The predicted molar refractivity (Wildman–Crippen MR) is 153 cm³/mol. The van der Waals surface area contributed by atoms with Gasteiger partial charge in [0.25, 0.3) is 0 Å². The summed E-state index contributed by atoms with van der Waals surface area (Å²) >= 11 is 6.14. The van der Waals surface area contributed by atoms with Crippen molar-refractivity contribution in [3.63, 3.8) is 0 Å². The molecule has 0 radical (unpaired) electrons. The van der Waals surface area contributed by atoms with E-state index in [0.717, 1.165) is 34.2 Å². The number of hydrogen-bond donors (Lipinski definition) is 1. The summed E-state index contributed by atoms with van der Waals surface area (Å²) in [6.07, 6.45) is 4.37. The molecule has 0 saturated heterocycles. The zero-order valence-corrected chi connectivity index (χ0v) is 22.7. The molecule has 0 fully saturated rings. The van der Waals surface area contributed by atoms with Crippen LogP contribution in [0.5, 0.6) is 0 Å². The number of benzene rings is 3. The minimum absolute atomic E-state index is 0.0145. The predicted octanol–water partition coefficient (Wildman–Crippen LogP) is 7.87. The number of aromatic nitrogens is 1. The molecule has 1 unspecified atom stereocenters. The summed E-state index contributed by atoms with van der Waals surface area (Å²) in [5.41, 5.74) is 5.32. The number of nitrogens with zero attached hydrogens (tertiary/aromatic N) is 3. The Kier molecular flexibility index (Phi) is 8.59. The SMILES string of the molecule is C[C@H](N[C@@H](c1cccc(-c2cccnc2)c1)C(C)(C)C#N)C(Cc1ccc(Cl)cc1)c1cccc(C#N)c1. The quantitative estimate of drug-likeness (QED) is 0.244. The van der Waals surface area contributed by atoms with Crippen LogP contribution in [0.15, 0.2) is 97.3 Å². The Hall–Kier alpha value is -3.96. The van der Waals surface area contributed by atoms with Crippen molar-refractivity contribution in [2.24, 2.45) is 5.41 Å². The smallest absolute Gasteiger partial charge is 0.0991 e. The molecule has 0 bridgehead atoms. The fourth-order valence-corrected chi connectivity index (χ4v) is 5.02. The summed E-state index contributed by atoms with van der Waals surface area (Å²) in [6, 6.07) is 32.5. The van der Waals surface area contributed by atoms with Gasteiger partial charge in [0.15, 0.2) is 0 Å². The van der Waals surface area contributed by atoms with Gasteiger partial charge in [-0.1, -0.05) is 60.1 Å². The van der Waals surface area contributed by atoms with Crippen LogP contribution >= 0.6 is 11.6 Å². The van der Waals surface area contributed by atoms with Crippen molar-refractivity contribution in [2.45, 2.75) is 45.2 Å². The summed E-state index contributed by atoms with van der Waals surface area (Å²) in [6.45, 7) is 6.10. The van der Waals surface area contributed by atoms with E-state index in [1.165, 1.54) is 0 Å². The highest BCUT2D eigenvalue weighted by molar-refractivity contribution is 6.30. The van der Waals surface area contributed by atoms with E-state index in [9.17, 15) is 10.5 Å². The van der Waals surface area contributed by atoms with Crippen LogP contribution in [0.3, 0.4) is 0 Å². The van der Waals surface area contributed by atoms with E-state index in [2.05, 4.69) is 53.6 Å². The molecule has 0 spiro atoms. The number of nitriles is 2. The van der Waals surface area contributed by atoms with Gasteiger partial charge in [-0.25, -0.2) is 0 Å². The second-order valence-corrected chi connectivity index (χ2v) is 10.7. The lowest BCUT2D eigenvalue weighted by atomic mass is 9.79. The first-order chi connectivity index (χ1) is 18.3. The molecule has 4 nitrogen and oxygen atoms in total. The van der Waals surface area contributed by atoms with Gasteiger partial charge in [0, 0.05) is 29.4 Å². The highest BCUT2D eigenvalue weighted by Gasteiger charge is 2.34. The largest absolute Gasteiger partial charge is 0.305 e. The average Bonchev–Trinajstić information content (AvgIpc) is 2.96. The summed E-state index contributed by atoms with van der Waals surface area (Å²) < 4.78 is 0. The van der Waals surface area contributed by atoms with E-state index >= 15 is 0 Å². The van der Waals surface area contributed by atoms with Crippen molar-refractivity contribution in [1.82, 2.24) is 10.3 Å². The molecular weight excluding hydrogens is 488 g/mol. The molecule has 38 heavy (non-hydrogen) atoms. The van der Waals surface area contributed by atoms with Crippen LogP contribution in [0.4, 0.5) is 0 Å². The van der Waals surface area contributed by atoms with Crippen molar-refractivity contribution in [2.75, 3.05) is 0 Å². The highest BCUT2D eigenvalue weighted by atomic mass is 35.5. The van der Waals surface area contributed by atoms with Gasteiger partial charge in [-0.05, 0) is 91.4 Å². The van der Waals surface area contributed by atoms with Crippen LogP contribution < -0.4 is 5.32 Å². The van der Waals surface area contributed by atoms with Crippen molar-refractivity contribution >= 4 is 11.6 Å². The lowest BCUT2D eigenvalue weighted by Crippen LogP contribution is -2.42. The van der Waals surface area contributed by atoms with Gasteiger partial charge in [0.2, 0.25) is 0 Å². The van der Waals surface area contributed by atoms with Gasteiger partial charge in [0.1, 0.15) is 0 Å². The van der Waals surface area contributed by atoms with E-state index in [1.807, 2.05) is 80.7 Å². The topological polar surface area (TPSA) is 72.5 Å². The van der Waals surface area contributed by atoms with Gasteiger partial charge >= 0.3 is 0 Å². The summed E-state index contributed by atoms with van der Waals surface area (Å²) in [5.74, 6) is 0.0583. The van der Waals surface area contributed by atoms with Crippen LogP contribution in [0, 0.1) is 28.1 Å². The Balaban J connectivity index is 1.71. The molecule has 1 N–H and O–H groups in total. The fraction of sp³-hybridized carbons (Fsp3) is 0.242. The molecule has 0 aliphatic heterocycles. The molecule has 190 valence electrons. The summed E-state index contributed by atoms with van der Waals surface area (Å²) in [4.78, 5) is 4.27. The molecule has 4 aromatic rings. The van der Waals surface area contributed by atoms with E-state index < -0.39 is 5.41 Å². The Morgan fingerprint density at radius 3 is 2.29 bits per heavy atom. The van der Waals surface area contributed by atoms with E-state index in [-0.39, 0.29) is 18.0 Å². The summed E-state index contributed by atoms with van der Waals surface area (Å²) in [5, 5.41) is 24.2. The summed E-state index contributed by atoms with van der Waals surface area (Å²) in [7, 11) is 0. The van der Waals surface area contributed by atoms with Crippen LogP contribution in [0.2, 0.25) is 5.02 Å². The third kappa shape index (κ3) is 6.48. The molecule has 0 saturated carbocycles.